The number of hydrogen-bond acceptors (Lipinski definition) is 5. The largest absolute Gasteiger partial charge is 0.468 e. The molecule has 0 rings (SSSR count). The first-order chi connectivity index (χ1) is 6.58. The van der Waals surface area contributed by atoms with Crippen molar-refractivity contribution in [1.82, 2.24) is 4.31 Å². The smallest absolute Gasteiger partial charge is 0.325 e. The molecule has 0 aliphatic heterocycles. The van der Waals surface area contributed by atoms with Gasteiger partial charge in [-0.25, -0.2) is 4.21 Å². The second kappa shape index (κ2) is 7.22. The fourth-order valence-electron chi connectivity index (χ4n) is 0.837. The monoisotopic (exact) mass is 241 g/mol. The SMILES string of the molecule is COC(=O)C(CSC)N(C)S(=O)OC. The molecule has 0 aliphatic rings. The third-order valence-electron chi connectivity index (χ3n) is 1.61. The zero-order valence-corrected chi connectivity index (χ0v) is 10.3. The van der Waals surface area contributed by atoms with Crippen LogP contribution in [0.5, 0.6) is 0 Å². The lowest BCUT2D eigenvalue weighted by Gasteiger charge is -2.22. The summed E-state index contributed by atoms with van der Waals surface area (Å²) in [5.74, 6) is 0.102. The molecule has 0 fully saturated rings. The number of ether oxygens (including phenoxy) is 1. The minimum Gasteiger partial charge on any atom is -0.468 e. The van der Waals surface area contributed by atoms with Gasteiger partial charge in [0.1, 0.15) is 6.04 Å². The highest BCUT2D eigenvalue weighted by Crippen LogP contribution is 2.08. The number of methoxy groups -OCH3 is 1. The summed E-state index contributed by atoms with van der Waals surface area (Å²) in [5.41, 5.74) is 0. The first-order valence-electron chi connectivity index (χ1n) is 3.84. The lowest BCUT2D eigenvalue weighted by molar-refractivity contribution is -0.144. The van der Waals surface area contributed by atoms with Crippen molar-refractivity contribution in [2.24, 2.45) is 0 Å². The Morgan fingerprint density at radius 1 is 1.57 bits per heavy atom. The lowest BCUT2D eigenvalue weighted by Crippen LogP contribution is -2.42. The number of esters is 1. The van der Waals surface area contributed by atoms with Crippen molar-refractivity contribution < 1.29 is 17.9 Å². The summed E-state index contributed by atoms with van der Waals surface area (Å²) in [4.78, 5) is 11.3. The number of rotatable bonds is 6. The molecular weight excluding hydrogens is 226 g/mol. The van der Waals surface area contributed by atoms with Gasteiger partial charge in [0, 0.05) is 12.8 Å². The third kappa shape index (κ3) is 3.95. The normalized spacial score (nSPS) is 15.2. The van der Waals surface area contributed by atoms with Gasteiger partial charge in [0.25, 0.3) is 0 Å². The van der Waals surface area contributed by atoms with Gasteiger partial charge in [-0.3, -0.25) is 8.98 Å². The first kappa shape index (κ1) is 13.9. The molecule has 0 spiro atoms. The molecule has 0 aliphatic carbocycles. The standard InChI is InChI=1S/C7H15NO4S2/c1-8(14(10)12-3)6(5-13-4)7(9)11-2/h6H,5H2,1-4H3. The average Bonchev–Trinajstić information content (AvgIpc) is 2.22. The molecule has 0 saturated carbocycles. The third-order valence-corrected chi connectivity index (χ3v) is 3.27. The highest BCUT2D eigenvalue weighted by molar-refractivity contribution is 7.98. The van der Waals surface area contributed by atoms with Gasteiger partial charge in [0.2, 0.25) is 11.3 Å². The van der Waals surface area contributed by atoms with E-state index in [1.807, 2.05) is 6.26 Å². The maximum absolute atomic E-state index is 11.3. The van der Waals surface area contributed by atoms with E-state index in [0.717, 1.165) is 0 Å². The Morgan fingerprint density at radius 3 is 2.50 bits per heavy atom. The highest BCUT2D eigenvalue weighted by atomic mass is 32.2. The molecule has 2 atom stereocenters. The van der Waals surface area contributed by atoms with Crippen molar-refractivity contribution in [2.75, 3.05) is 33.3 Å². The Kier molecular flexibility index (Phi) is 7.16. The first-order valence-corrected chi connectivity index (χ1v) is 6.27. The molecule has 0 aromatic heterocycles. The van der Waals surface area contributed by atoms with Gasteiger partial charge in [-0.15, -0.1) is 0 Å². The number of hydrogen-bond donors (Lipinski definition) is 0. The molecule has 0 bridgehead atoms. The fourth-order valence-corrected chi connectivity index (χ4v) is 2.21. The van der Waals surface area contributed by atoms with E-state index in [1.165, 1.54) is 30.3 Å². The predicted molar refractivity (Wildman–Crippen MR) is 57.1 cm³/mol. The Morgan fingerprint density at radius 2 is 2.14 bits per heavy atom. The van der Waals surface area contributed by atoms with Crippen molar-refractivity contribution in [2.45, 2.75) is 6.04 Å². The van der Waals surface area contributed by atoms with E-state index in [4.69, 9.17) is 0 Å². The summed E-state index contributed by atoms with van der Waals surface area (Å²) in [5, 5.41) is 0. The fraction of sp³-hybridized carbons (Fsp3) is 0.857. The van der Waals surface area contributed by atoms with E-state index >= 15 is 0 Å². The van der Waals surface area contributed by atoms with Crippen LogP contribution in [-0.4, -0.2) is 53.8 Å². The maximum atomic E-state index is 11.3. The van der Waals surface area contributed by atoms with Crippen LogP contribution in [0.4, 0.5) is 0 Å². The highest BCUT2D eigenvalue weighted by Gasteiger charge is 2.27. The number of nitrogens with zero attached hydrogens (tertiary/aromatic N) is 1. The zero-order chi connectivity index (χ0) is 11.1. The molecule has 14 heavy (non-hydrogen) atoms. The molecule has 0 aromatic rings. The van der Waals surface area contributed by atoms with Gasteiger partial charge in [-0.2, -0.15) is 16.1 Å². The Bertz CT molecular complexity index is 212. The van der Waals surface area contributed by atoms with Crippen molar-refractivity contribution in [1.29, 1.82) is 0 Å². The van der Waals surface area contributed by atoms with Gasteiger partial charge in [-0.1, -0.05) is 0 Å². The van der Waals surface area contributed by atoms with Crippen LogP contribution in [0.3, 0.4) is 0 Å². The van der Waals surface area contributed by atoms with E-state index in [2.05, 4.69) is 8.92 Å². The minimum atomic E-state index is -1.61. The van der Waals surface area contributed by atoms with Gasteiger partial charge >= 0.3 is 5.97 Å². The van der Waals surface area contributed by atoms with Crippen LogP contribution in [0.2, 0.25) is 0 Å². The van der Waals surface area contributed by atoms with E-state index in [-0.39, 0.29) is 0 Å². The maximum Gasteiger partial charge on any atom is 0.325 e. The Labute approximate surface area is 90.9 Å². The van der Waals surface area contributed by atoms with Crippen molar-refractivity contribution >= 4 is 29.0 Å². The molecule has 0 aromatic carbocycles. The van der Waals surface area contributed by atoms with Gasteiger partial charge in [0.15, 0.2) is 0 Å². The van der Waals surface area contributed by atoms with E-state index < -0.39 is 23.3 Å². The summed E-state index contributed by atoms with van der Waals surface area (Å²) in [6.07, 6.45) is 1.86. The van der Waals surface area contributed by atoms with Crippen LogP contribution in [0, 0.1) is 0 Å². The van der Waals surface area contributed by atoms with Crippen LogP contribution >= 0.6 is 11.8 Å². The molecule has 0 N–H and O–H groups in total. The predicted octanol–water partition coefficient (Wildman–Crippen LogP) is 0.0479. The molecule has 84 valence electrons. The summed E-state index contributed by atoms with van der Waals surface area (Å²) >= 11 is -0.129. The van der Waals surface area contributed by atoms with Crippen molar-refractivity contribution in [3.05, 3.63) is 0 Å². The summed E-state index contributed by atoms with van der Waals surface area (Å²) in [6.45, 7) is 0. The minimum absolute atomic E-state index is 0.410. The van der Waals surface area contributed by atoms with Crippen LogP contribution < -0.4 is 0 Å². The summed E-state index contributed by atoms with van der Waals surface area (Å²) < 4.78 is 21.8. The van der Waals surface area contributed by atoms with E-state index in [1.54, 1.807) is 7.05 Å². The second-order valence-electron chi connectivity index (χ2n) is 2.42. The average molecular weight is 241 g/mol. The number of carbonyl (C=O) groups is 1. The molecular formula is C7H15NO4S2. The van der Waals surface area contributed by atoms with Crippen LogP contribution in [0.15, 0.2) is 0 Å². The second-order valence-corrected chi connectivity index (χ2v) is 4.68. The lowest BCUT2D eigenvalue weighted by atomic mass is 10.3. The van der Waals surface area contributed by atoms with Gasteiger partial charge in [-0.05, 0) is 6.26 Å². The van der Waals surface area contributed by atoms with Crippen LogP contribution in [0.1, 0.15) is 0 Å². The zero-order valence-electron chi connectivity index (χ0n) is 8.68. The van der Waals surface area contributed by atoms with E-state index in [9.17, 15) is 9.00 Å². The quantitative estimate of drug-likeness (QED) is 0.615. The van der Waals surface area contributed by atoms with Gasteiger partial charge < -0.3 is 4.74 Å². The summed E-state index contributed by atoms with van der Waals surface area (Å²) in [7, 11) is 4.18. The number of carbonyl (C=O) groups excluding carboxylic acids is 1. The molecule has 0 heterocycles. The van der Waals surface area contributed by atoms with Crippen LogP contribution in [0.25, 0.3) is 0 Å². The Hall–Kier alpha value is -0.110. The molecule has 0 radical (unpaired) electrons. The van der Waals surface area contributed by atoms with Crippen molar-refractivity contribution in [3.8, 4) is 0 Å². The molecule has 5 nitrogen and oxygen atoms in total. The van der Waals surface area contributed by atoms with E-state index in [0.29, 0.717) is 5.75 Å². The topological polar surface area (TPSA) is 55.8 Å². The Balaban J connectivity index is 4.47. The number of likely N-dealkylation sites (N-methyl/N-ethyl adjacent to an activating group) is 1. The molecule has 7 heteroatoms. The van der Waals surface area contributed by atoms with Gasteiger partial charge in [0.05, 0.1) is 14.2 Å². The molecule has 2 unspecified atom stereocenters. The number of thioether (sulfide) groups is 1. The summed E-state index contributed by atoms with van der Waals surface area (Å²) in [6, 6.07) is -0.546. The molecule has 0 amide bonds. The molecule has 0 saturated heterocycles. The van der Waals surface area contributed by atoms with Crippen LogP contribution in [-0.2, 0) is 25.0 Å². The van der Waals surface area contributed by atoms with Crippen molar-refractivity contribution in [3.63, 3.8) is 0 Å².